The van der Waals surface area contributed by atoms with E-state index < -0.39 is 5.91 Å². The number of amides is 1. The van der Waals surface area contributed by atoms with Crippen molar-refractivity contribution in [2.75, 3.05) is 5.32 Å². The summed E-state index contributed by atoms with van der Waals surface area (Å²) in [5.74, 6) is -0.112. The molecule has 0 bridgehead atoms. The molecule has 0 saturated carbocycles. The fourth-order valence-corrected chi connectivity index (χ4v) is 4.63. The molecule has 152 valence electrons. The van der Waals surface area contributed by atoms with Crippen LogP contribution in [-0.2, 0) is 0 Å². The number of nitrogens with one attached hydrogen (secondary N) is 1. The van der Waals surface area contributed by atoms with E-state index in [1.807, 2.05) is 0 Å². The van der Waals surface area contributed by atoms with Gasteiger partial charge in [0.25, 0.3) is 5.91 Å². The number of carbonyl (C=O) groups excluding carboxylic acids is 1. The Kier molecular flexibility index (Phi) is 6.04. The second-order valence-electron chi connectivity index (χ2n) is 6.18. The van der Waals surface area contributed by atoms with Gasteiger partial charge in [-0.25, -0.2) is 4.98 Å². The van der Waals surface area contributed by atoms with Gasteiger partial charge in [0.05, 0.1) is 20.8 Å². The summed E-state index contributed by atoms with van der Waals surface area (Å²) in [5.41, 5.74) is 2.25. The zero-order chi connectivity index (χ0) is 21.4. The molecule has 0 spiro atoms. The van der Waals surface area contributed by atoms with Crippen molar-refractivity contribution in [1.29, 1.82) is 0 Å². The number of nitrogens with zero attached hydrogens (tertiary/aromatic N) is 2. The van der Waals surface area contributed by atoms with Gasteiger partial charge in [-0.05, 0) is 37.3 Å². The molecule has 0 aliphatic heterocycles. The van der Waals surface area contributed by atoms with Gasteiger partial charge in [-0.1, -0.05) is 57.6 Å². The first-order chi connectivity index (χ1) is 14.3. The molecule has 0 aliphatic carbocycles. The van der Waals surface area contributed by atoms with Gasteiger partial charge >= 0.3 is 0 Å². The Morgan fingerprint density at radius 1 is 1.07 bits per heavy atom. The summed E-state index contributed by atoms with van der Waals surface area (Å²) in [5, 5.41) is 10.7. The van der Waals surface area contributed by atoms with Crippen LogP contribution in [0.15, 0.2) is 46.3 Å². The molecule has 4 rings (SSSR count). The highest BCUT2D eigenvalue weighted by molar-refractivity contribution is 7.14. The predicted octanol–water partition coefficient (Wildman–Crippen LogP) is 7.64. The molecular formula is C20H11Cl4N3O2S. The summed E-state index contributed by atoms with van der Waals surface area (Å²) in [6.07, 6.45) is 0. The minimum Gasteiger partial charge on any atom is -0.360 e. The van der Waals surface area contributed by atoms with Gasteiger partial charge in [-0.15, -0.1) is 11.3 Å². The van der Waals surface area contributed by atoms with E-state index >= 15 is 0 Å². The summed E-state index contributed by atoms with van der Waals surface area (Å²) in [6, 6.07) is 10.2. The Hall–Kier alpha value is -2.09. The number of aromatic nitrogens is 2. The van der Waals surface area contributed by atoms with Crippen molar-refractivity contribution in [3.05, 3.63) is 73.2 Å². The first kappa shape index (κ1) is 21.2. The van der Waals surface area contributed by atoms with Gasteiger partial charge in [-0.3, -0.25) is 10.1 Å². The number of hydrogen-bond acceptors (Lipinski definition) is 5. The number of anilines is 1. The van der Waals surface area contributed by atoms with Crippen molar-refractivity contribution >= 4 is 68.8 Å². The Bertz CT molecular complexity index is 1250. The summed E-state index contributed by atoms with van der Waals surface area (Å²) in [4.78, 5) is 17.4. The van der Waals surface area contributed by atoms with Crippen LogP contribution in [-0.4, -0.2) is 16.0 Å². The number of rotatable bonds is 4. The lowest BCUT2D eigenvalue weighted by atomic mass is 10.1. The standard InChI is InChI=1S/C20H11Cl4N3O2S/c1-9-16(18(27-29-9)17-12(22)3-2-4-13(17)23)19(28)26-20-25-15(8-30-20)11-6-5-10(21)7-14(11)24/h2-8H,1H3,(H,25,26,28). The predicted molar refractivity (Wildman–Crippen MR) is 122 cm³/mol. The van der Waals surface area contributed by atoms with Crippen LogP contribution in [0.4, 0.5) is 5.13 Å². The van der Waals surface area contributed by atoms with Gasteiger partial charge in [0.1, 0.15) is 17.0 Å². The van der Waals surface area contributed by atoms with Crippen LogP contribution >= 0.6 is 57.7 Å². The van der Waals surface area contributed by atoms with Crippen molar-refractivity contribution in [3.8, 4) is 22.5 Å². The molecular weight excluding hydrogens is 488 g/mol. The van der Waals surface area contributed by atoms with Gasteiger partial charge in [0, 0.05) is 21.5 Å². The Labute approximate surface area is 195 Å². The molecule has 2 aromatic heterocycles. The largest absolute Gasteiger partial charge is 0.360 e. The Morgan fingerprint density at radius 2 is 1.80 bits per heavy atom. The zero-order valence-electron chi connectivity index (χ0n) is 15.2. The van der Waals surface area contributed by atoms with E-state index in [1.54, 1.807) is 48.7 Å². The maximum atomic E-state index is 13.0. The number of carbonyl (C=O) groups is 1. The minimum atomic E-state index is -0.442. The van der Waals surface area contributed by atoms with Crippen LogP contribution < -0.4 is 5.32 Å². The molecule has 0 saturated heterocycles. The first-order valence-electron chi connectivity index (χ1n) is 8.48. The van der Waals surface area contributed by atoms with E-state index in [-0.39, 0.29) is 11.3 Å². The lowest BCUT2D eigenvalue weighted by molar-refractivity contribution is 0.102. The summed E-state index contributed by atoms with van der Waals surface area (Å²) < 4.78 is 5.25. The summed E-state index contributed by atoms with van der Waals surface area (Å²) in [6.45, 7) is 1.64. The SMILES string of the molecule is Cc1onc(-c2c(Cl)cccc2Cl)c1C(=O)Nc1nc(-c2ccc(Cl)cc2Cl)cs1. The van der Waals surface area contributed by atoms with E-state index in [0.717, 1.165) is 0 Å². The highest BCUT2D eigenvalue weighted by Gasteiger charge is 2.25. The topological polar surface area (TPSA) is 68.0 Å². The molecule has 2 aromatic carbocycles. The van der Waals surface area contributed by atoms with Crippen LogP contribution in [0, 0.1) is 6.92 Å². The smallest absolute Gasteiger partial charge is 0.263 e. The zero-order valence-corrected chi connectivity index (χ0v) is 19.0. The van der Waals surface area contributed by atoms with Crippen molar-refractivity contribution in [3.63, 3.8) is 0 Å². The first-order valence-corrected chi connectivity index (χ1v) is 10.9. The normalized spacial score (nSPS) is 11.0. The van der Waals surface area contributed by atoms with E-state index in [4.69, 9.17) is 50.9 Å². The third-order valence-corrected chi connectivity index (χ3v) is 6.16. The van der Waals surface area contributed by atoms with Crippen LogP contribution in [0.25, 0.3) is 22.5 Å². The van der Waals surface area contributed by atoms with Crippen molar-refractivity contribution in [1.82, 2.24) is 10.1 Å². The Balaban J connectivity index is 1.65. The van der Waals surface area contributed by atoms with Gasteiger partial charge in [0.2, 0.25) is 0 Å². The van der Waals surface area contributed by atoms with Crippen molar-refractivity contribution in [2.45, 2.75) is 6.92 Å². The summed E-state index contributed by atoms with van der Waals surface area (Å²) in [7, 11) is 0. The fourth-order valence-electron chi connectivity index (χ4n) is 2.85. The average molecular weight is 499 g/mol. The minimum absolute atomic E-state index is 0.228. The molecule has 10 heteroatoms. The molecule has 30 heavy (non-hydrogen) atoms. The van der Waals surface area contributed by atoms with E-state index in [0.29, 0.717) is 47.8 Å². The van der Waals surface area contributed by atoms with E-state index in [1.165, 1.54) is 11.3 Å². The Morgan fingerprint density at radius 3 is 2.50 bits per heavy atom. The molecule has 5 nitrogen and oxygen atoms in total. The number of benzene rings is 2. The third kappa shape index (κ3) is 4.06. The molecule has 0 aliphatic rings. The van der Waals surface area contributed by atoms with Crippen molar-refractivity contribution in [2.24, 2.45) is 0 Å². The van der Waals surface area contributed by atoms with Crippen LogP contribution in [0.3, 0.4) is 0 Å². The lowest BCUT2D eigenvalue weighted by Crippen LogP contribution is -2.13. The second-order valence-corrected chi connectivity index (χ2v) is 8.69. The van der Waals surface area contributed by atoms with Crippen molar-refractivity contribution < 1.29 is 9.32 Å². The van der Waals surface area contributed by atoms with Gasteiger partial charge < -0.3 is 4.52 Å². The lowest BCUT2D eigenvalue weighted by Gasteiger charge is -2.06. The molecule has 1 N–H and O–H groups in total. The maximum Gasteiger partial charge on any atom is 0.263 e. The van der Waals surface area contributed by atoms with Gasteiger partial charge in [-0.2, -0.15) is 0 Å². The van der Waals surface area contributed by atoms with Gasteiger partial charge in [0.15, 0.2) is 5.13 Å². The third-order valence-electron chi connectivity index (χ3n) is 4.22. The number of hydrogen-bond donors (Lipinski definition) is 1. The molecule has 0 atom stereocenters. The summed E-state index contributed by atoms with van der Waals surface area (Å²) >= 11 is 26.0. The van der Waals surface area contributed by atoms with E-state index in [9.17, 15) is 4.79 Å². The molecule has 2 heterocycles. The average Bonchev–Trinajstić information content (AvgIpc) is 3.28. The fraction of sp³-hybridized carbons (Fsp3) is 0.0500. The maximum absolute atomic E-state index is 13.0. The van der Waals surface area contributed by atoms with Crippen LogP contribution in [0.5, 0.6) is 0 Å². The molecule has 1 amide bonds. The van der Waals surface area contributed by atoms with Crippen LogP contribution in [0.2, 0.25) is 20.1 Å². The number of thiazole rings is 1. The number of halogens is 4. The quantitative estimate of drug-likeness (QED) is 0.314. The monoisotopic (exact) mass is 497 g/mol. The molecule has 4 aromatic rings. The highest BCUT2D eigenvalue weighted by Crippen LogP contribution is 2.37. The molecule has 0 fully saturated rings. The molecule has 0 unspecified atom stereocenters. The highest BCUT2D eigenvalue weighted by atomic mass is 35.5. The second kappa shape index (κ2) is 8.57. The van der Waals surface area contributed by atoms with E-state index in [2.05, 4.69) is 15.5 Å². The number of aryl methyl sites for hydroxylation is 1. The van der Waals surface area contributed by atoms with Crippen LogP contribution in [0.1, 0.15) is 16.1 Å². The molecule has 0 radical (unpaired) electrons.